The number of pyridine rings is 1. The Kier molecular flexibility index (Phi) is 3.64. The van der Waals surface area contributed by atoms with E-state index in [1.807, 2.05) is 19.2 Å². The fourth-order valence-corrected chi connectivity index (χ4v) is 2.06. The molecule has 0 amide bonds. The maximum atomic E-state index is 5.82. The second-order valence-corrected chi connectivity index (χ2v) is 4.88. The summed E-state index contributed by atoms with van der Waals surface area (Å²) in [5, 5.41) is 0. The molecule has 3 atom stereocenters. The number of anilines is 1. The van der Waals surface area contributed by atoms with Crippen molar-refractivity contribution in [1.29, 1.82) is 0 Å². The molecule has 94 valence electrons. The number of nitrogens with zero attached hydrogens (tertiary/aromatic N) is 2. The lowest BCUT2D eigenvalue weighted by Crippen LogP contribution is -2.47. The van der Waals surface area contributed by atoms with Crippen molar-refractivity contribution in [2.24, 2.45) is 5.73 Å². The Morgan fingerprint density at radius 3 is 2.82 bits per heavy atom. The molecule has 0 bridgehead atoms. The summed E-state index contributed by atoms with van der Waals surface area (Å²) in [4.78, 5) is 6.79. The predicted molar refractivity (Wildman–Crippen MR) is 69.1 cm³/mol. The van der Waals surface area contributed by atoms with Crippen molar-refractivity contribution < 1.29 is 4.74 Å². The van der Waals surface area contributed by atoms with Crippen LogP contribution in [0.2, 0.25) is 0 Å². The Morgan fingerprint density at radius 2 is 2.24 bits per heavy atom. The van der Waals surface area contributed by atoms with Crippen LogP contribution < -0.4 is 10.6 Å². The van der Waals surface area contributed by atoms with Crippen molar-refractivity contribution >= 4 is 5.82 Å². The van der Waals surface area contributed by atoms with Crippen LogP contribution >= 0.6 is 0 Å². The predicted octanol–water partition coefficient (Wildman–Crippen LogP) is 1.71. The van der Waals surface area contributed by atoms with E-state index < -0.39 is 0 Å². The first-order valence-corrected chi connectivity index (χ1v) is 6.17. The lowest BCUT2D eigenvalue weighted by atomic mass is 10.1. The van der Waals surface area contributed by atoms with Gasteiger partial charge < -0.3 is 15.4 Å². The van der Waals surface area contributed by atoms with Crippen LogP contribution in [0.3, 0.4) is 0 Å². The Bertz CT molecular complexity index is 363. The summed E-state index contributed by atoms with van der Waals surface area (Å²) in [5.41, 5.74) is 6.89. The smallest absolute Gasteiger partial charge is 0.128 e. The second-order valence-electron chi connectivity index (χ2n) is 4.88. The van der Waals surface area contributed by atoms with Gasteiger partial charge in [0.2, 0.25) is 0 Å². The SMILES string of the molecule is CC1CN(c2ccc([C@@H](C)N)cn2)C(C)CO1. The van der Waals surface area contributed by atoms with E-state index in [1.54, 1.807) is 0 Å². The Labute approximate surface area is 103 Å². The number of aromatic nitrogens is 1. The van der Waals surface area contributed by atoms with E-state index in [-0.39, 0.29) is 12.1 Å². The van der Waals surface area contributed by atoms with Crippen molar-refractivity contribution in [1.82, 2.24) is 4.98 Å². The molecule has 0 aliphatic carbocycles. The van der Waals surface area contributed by atoms with E-state index in [1.165, 1.54) is 0 Å². The first kappa shape index (κ1) is 12.3. The lowest BCUT2D eigenvalue weighted by molar-refractivity contribution is 0.0340. The summed E-state index contributed by atoms with van der Waals surface area (Å²) in [5.74, 6) is 1.01. The molecule has 0 saturated carbocycles. The van der Waals surface area contributed by atoms with Crippen LogP contribution in [0.15, 0.2) is 18.3 Å². The van der Waals surface area contributed by atoms with Gasteiger partial charge in [-0.15, -0.1) is 0 Å². The minimum absolute atomic E-state index is 0.0394. The highest BCUT2D eigenvalue weighted by atomic mass is 16.5. The van der Waals surface area contributed by atoms with Gasteiger partial charge in [-0.25, -0.2) is 4.98 Å². The van der Waals surface area contributed by atoms with Gasteiger partial charge in [0.05, 0.1) is 18.8 Å². The average molecular weight is 235 g/mol. The van der Waals surface area contributed by atoms with Crippen LogP contribution in [-0.2, 0) is 4.74 Å². The quantitative estimate of drug-likeness (QED) is 0.848. The molecule has 1 aromatic rings. The van der Waals surface area contributed by atoms with Crippen LogP contribution in [-0.4, -0.2) is 30.3 Å². The third-order valence-corrected chi connectivity index (χ3v) is 3.20. The highest BCUT2D eigenvalue weighted by Gasteiger charge is 2.24. The summed E-state index contributed by atoms with van der Waals surface area (Å²) in [6.45, 7) is 7.88. The fraction of sp³-hybridized carbons (Fsp3) is 0.615. The van der Waals surface area contributed by atoms with Crippen molar-refractivity contribution in [2.45, 2.75) is 39.0 Å². The van der Waals surface area contributed by atoms with Gasteiger partial charge in [-0.2, -0.15) is 0 Å². The number of nitrogens with two attached hydrogens (primary N) is 1. The number of rotatable bonds is 2. The van der Waals surface area contributed by atoms with Crippen LogP contribution in [0.5, 0.6) is 0 Å². The third kappa shape index (κ3) is 2.76. The van der Waals surface area contributed by atoms with Crippen molar-refractivity contribution in [2.75, 3.05) is 18.1 Å². The van der Waals surface area contributed by atoms with E-state index in [2.05, 4.69) is 29.8 Å². The fourth-order valence-electron chi connectivity index (χ4n) is 2.06. The molecule has 2 N–H and O–H groups in total. The van der Waals surface area contributed by atoms with Gasteiger partial charge in [0.1, 0.15) is 5.82 Å². The molecule has 1 aromatic heterocycles. The number of hydrogen-bond donors (Lipinski definition) is 1. The standard InChI is InChI=1S/C13H21N3O/c1-9-8-17-10(2)7-16(9)13-5-4-12(6-15-13)11(3)14/h4-6,9-11H,7-8,14H2,1-3H3/t9?,10?,11-/m1/s1. The molecule has 17 heavy (non-hydrogen) atoms. The van der Waals surface area contributed by atoms with Crippen LogP contribution in [0, 0.1) is 0 Å². The maximum Gasteiger partial charge on any atom is 0.128 e. The largest absolute Gasteiger partial charge is 0.375 e. The Balaban J connectivity index is 2.15. The van der Waals surface area contributed by atoms with E-state index in [0.29, 0.717) is 6.04 Å². The number of morpholine rings is 1. The highest BCUT2D eigenvalue weighted by Crippen LogP contribution is 2.20. The summed E-state index contributed by atoms with van der Waals surface area (Å²) >= 11 is 0. The lowest BCUT2D eigenvalue weighted by Gasteiger charge is -2.37. The zero-order valence-electron chi connectivity index (χ0n) is 10.8. The van der Waals surface area contributed by atoms with E-state index >= 15 is 0 Å². The van der Waals surface area contributed by atoms with Crippen LogP contribution in [0.4, 0.5) is 5.82 Å². The molecule has 1 aliphatic heterocycles. The highest BCUT2D eigenvalue weighted by molar-refractivity contribution is 5.41. The molecule has 2 heterocycles. The monoisotopic (exact) mass is 235 g/mol. The molecule has 4 heteroatoms. The van der Waals surface area contributed by atoms with Gasteiger partial charge in [0.25, 0.3) is 0 Å². The normalized spacial score (nSPS) is 26.9. The van der Waals surface area contributed by atoms with Crippen molar-refractivity contribution in [3.8, 4) is 0 Å². The topological polar surface area (TPSA) is 51.4 Å². The molecular weight excluding hydrogens is 214 g/mol. The molecule has 2 rings (SSSR count). The molecule has 1 fully saturated rings. The number of ether oxygens (including phenoxy) is 1. The molecule has 4 nitrogen and oxygen atoms in total. The number of hydrogen-bond acceptors (Lipinski definition) is 4. The van der Waals surface area contributed by atoms with Gasteiger partial charge in [0, 0.05) is 18.8 Å². The van der Waals surface area contributed by atoms with Gasteiger partial charge in [0.15, 0.2) is 0 Å². The molecule has 0 radical (unpaired) electrons. The summed E-state index contributed by atoms with van der Waals surface area (Å²) < 4.78 is 5.61. The van der Waals surface area contributed by atoms with Gasteiger partial charge in [-0.3, -0.25) is 0 Å². The van der Waals surface area contributed by atoms with Gasteiger partial charge >= 0.3 is 0 Å². The van der Waals surface area contributed by atoms with Crippen molar-refractivity contribution in [3.05, 3.63) is 23.9 Å². The molecular formula is C13H21N3O. The second kappa shape index (κ2) is 5.02. The summed E-state index contributed by atoms with van der Waals surface area (Å²) in [7, 11) is 0. The third-order valence-electron chi connectivity index (χ3n) is 3.20. The summed E-state index contributed by atoms with van der Waals surface area (Å²) in [6.07, 6.45) is 2.13. The molecule has 1 saturated heterocycles. The van der Waals surface area contributed by atoms with Crippen LogP contribution in [0.25, 0.3) is 0 Å². The maximum absolute atomic E-state index is 5.82. The van der Waals surface area contributed by atoms with E-state index in [0.717, 1.165) is 24.5 Å². The first-order valence-electron chi connectivity index (χ1n) is 6.17. The average Bonchev–Trinajstić information content (AvgIpc) is 2.32. The van der Waals surface area contributed by atoms with E-state index in [9.17, 15) is 0 Å². The first-order chi connectivity index (χ1) is 8.08. The minimum atomic E-state index is 0.0394. The van der Waals surface area contributed by atoms with Gasteiger partial charge in [-0.05, 0) is 32.4 Å². The summed E-state index contributed by atoms with van der Waals surface area (Å²) in [6, 6.07) is 4.52. The zero-order valence-corrected chi connectivity index (χ0v) is 10.8. The zero-order chi connectivity index (χ0) is 12.4. The van der Waals surface area contributed by atoms with Crippen molar-refractivity contribution in [3.63, 3.8) is 0 Å². The Morgan fingerprint density at radius 1 is 1.47 bits per heavy atom. The minimum Gasteiger partial charge on any atom is -0.375 e. The van der Waals surface area contributed by atoms with E-state index in [4.69, 9.17) is 10.5 Å². The van der Waals surface area contributed by atoms with Crippen LogP contribution in [0.1, 0.15) is 32.4 Å². The molecule has 2 unspecified atom stereocenters. The van der Waals surface area contributed by atoms with Gasteiger partial charge in [-0.1, -0.05) is 6.07 Å². The Hall–Kier alpha value is -1.13. The molecule has 1 aliphatic rings. The molecule has 0 aromatic carbocycles. The molecule has 0 spiro atoms.